The van der Waals surface area contributed by atoms with Crippen LogP contribution in [0.1, 0.15) is 48.5 Å². The van der Waals surface area contributed by atoms with E-state index in [4.69, 9.17) is 4.74 Å². The highest BCUT2D eigenvalue weighted by Gasteiger charge is 2.13. The second-order valence-corrected chi connectivity index (χ2v) is 6.07. The molecule has 0 amide bonds. The zero-order valence-corrected chi connectivity index (χ0v) is 13.6. The number of carbonyl (C=O) groups is 1. The Hall–Kier alpha value is -1.68. The molecule has 2 aromatic rings. The molecule has 0 spiro atoms. The van der Waals surface area contributed by atoms with Crippen molar-refractivity contribution in [2.75, 3.05) is 6.61 Å². The third kappa shape index (κ3) is 4.14. The number of Topliss-reactive ketones (excluding diaryl/α,β-unsaturated/α-hetero) is 1. The molecule has 0 N–H and O–H groups in total. The topological polar surface area (TPSA) is 39.2 Å². The molecule has 1 heterocycles. The van der Waals surface area contributed by atoms with Gasteiger partial charge in [-0.05, 0) is 25.5 Å². The Kier molecular flexibility index (Phi) is 5.51. The van der Waals surface area contributed by atoms with Crippen LogP contribution >= 0.6 is 11.3 Å². The zero-order chi connectivity index (χ0) is 15.2. The molecule has 0 unspecified atom stereocenters. The molecular formula is C17H21NO2S. The SMILES string of the molecule is CCCCCOc1cccc(-c2nc(C)c(C(C)=O)s2)c1. The van der Waals surface area contributed by atoms with Crippen LogP contribution in [0.2, 0.25) is 0 Å². The number of hydrogen-bond acceptors (Lipinski definition) is 4. The fourth-order valence-electron chi connectivity index (χ4n) is 2.11. The van der Waals surface area contributed by atoms with Crippen LogP contribution in [-0.2, 0) is 0 Å². The van der Waals surface area contributed by atoms with E-state index in [9.17, 15) is 4.79 Å². The Labute approximate surface area is 130 Å². The second-order valence-electron chi connectivity index (χ2n) is 5.07. The fourth-order valence-corrected chi connectivity index (χ4v) is 3.07. The second kappa shape index (κ2) is 7.36. The lowest BCUT2D eigenvalue weighted by Gasteiger charge is -2.06. The Morgan fingerprint density at radius 1 is 1.33 bits per heavy atom. The van der Waals surface area contributed by atoms with E-state index in [1.807, 2.05) is 31.2 Å². The average molecular weight is 303 g/mol. The molecule has 0 atom stereocenters. The smallest absolute Gasteiger partial charge is 0.171 e. The number of ether oxygens (including phenoxy) is 1. The number of hydrogen-bond donors (Lipinski definition) is 0. The van der Waals surface area contributed by atoms with Crippen LogP contribution in [0, 0.1) is 6.92 Å². The number of ketones is 1. The Morgan fingerprint density at radius 2 is 2.14 bits per heavy atom. The van der Waals surface area contributed by atoms with Crippen molar-refractivity contribution in [3.05, 3.63) is 34.8 Å². The van der Waals surface area contributed by atoms with E-state index >= 15 is 0 Å². The van der Waals surface area contributed by atoms with Crippen LogP contribution in [0.25, 0.3) is 10.6 Å². The fraction of sp³-hybridized carbons (Fsp3) is 0.412. The van der Waals surface area contributed by atoms with Gasteiger partial charge < -0.3 is 4.74 Å². The molecule has 0 fully saturated rings. The third-order valence-corrected chi connectivity index (χ3v) is 4.52. The maximum atomic E-state index is 11.5. The van der Waals surface area contributed by atoms with Gasteiger partial charge in [-0.15, -0.1) is 11.3 Å². The molecule has 0 aliphatic heterocycles. The normalized spacial score (nSPS) is 10.6. The summed E-state index contributed by atoms with van der Waals surface area (Å²) >= 11 is 1.45. The predicted molar refractivity (Wildman–Crippen MR) is 87.3 cm³/mol. The highest BCUT2D eigenvalue weighted by molar-refractivity contribution is 7.17. The maximum Gasteiger partial charge on any atom is 0.171 e. The number of aromatic nitrogens is 1. The first-order chi connectivity index (χ1) is 10.1. The van der Waals surface area contributed by atoms with Gasteiger partial charge in [0.15, 0.2) is 5.78 Å². The van der Waals surface area contributed by atoms with Crippen molar-refractivity contribution in [2.24, 2.45) is 0 Å². The highest BCUT2D eigenvalue weighted by atomic mass is 32.1. The van der Waals surface area contributed by atoms with Crippen LogP contribution in [0.3, 0.4) is 0 Å². The number of aryl methyl sites for hydroxylation is 1. The molecule has 21 heavy (non-hydrogen) atoms. The number of thiazole rings is 1. The lowest BCUT2D eigenvalue weighted by Crippen LogP contribution is -1.96. The third-order valence-electron chi connectivity index (χ3n) is 3.21. The molecule has 112 valence electrons. The van der Waals surface area contributed by atoms with Crippen molar-refractivity contribution in [1.82, 2.24) is 4.98 Å². The summed E-state index contributed by atoms with van der Waals surface area (Å²) in [6, 6.07) is 7.92. The Balaban J connectivity index is 2.13. The zero-order valence-electron chi connectivity index (χ0n) is 12.8. The van der Waals surface area contributed by atoms with E-state index in [2.05, 4.69) is 11.9 Å². The minimum atomic E-state index is 0.0724. The summed E-state index contributed by atoms with van der Waals surface area (Å²) in [5, 5.41) is 0.872. The van der Waals surface area contributed by atoms with Gasteiger partial charge in [0.2, 0.25) is 0 Å². The Bertz CT molecular complexity index is 619. The molecule has 0 bridgehead atoms. The van der Waals surface area contributed by atoms with Gasteiger partial charge in [-0.2, -0.15) is 0 Å². The molecule has 0 saturated heterocycles. The number of nitrogens with zero attached hydrogens (tertiary/aromatic N) is 1. The summed E-state index contributed by atoms with van der Waals surface area (Å²) in [6.45, 7) is 6.38. The minimum absolute atomic E-state index is 0.0724. The first-order valence-electron chi connectivity index (χ1n) is 7.33. The van der Waals surface area contributed by atoms with E-state index < -0.39 is 0 Å². The number of carbonyl (C=O) groups excluding carboxylic acids is 1. The molecular weight excluding hydrogens is 282 g/mol. The molecule has 3 nitrogen and oxygen atoms in total. The van der Waals surface area contributed by atoms with E-state index in [-0.39, 0.29) is 5.78 Å². The van der Waals surface area contributed by atoms with Crippen molar-refractivity contribution in [2.45, 2.75) is 40.0 Å². The van der Waals surface area contributed by atoms with E-state index in [0.717, 1.165) is 39.9 Å². The van der Waals surface area contributed by atoms with Gasteiger partial charge in [0.25, 0.3) is 0 Å². The van der Waals surface area contributed by atoms with Crippen molar-refractivity contribution in [3.63, 3.8) is 0 Å². The van der Waals surface area contributed by atoms with Crippen molar-refractivity contribution < 1.29 is 9.53 Å². The quantitative estimate of drug-likeness (QED) is 0.540. The number of rotatable bonds is 7. The van der Waals surface area contributed by atoms with Crippen LogP contribution in [0.4, 0.5) is 0 Å². The Morgan fingerprint density at radius 3 is 2.81 bits per heavy atom. The van der Waals surface area contributed by atoms with E-state index in [1.54, 1.807) is 6.92 Å². The maximum absolute atomic E-state index is 11.5. The molecule has 1 aromatic carbocycles. The van der Waals surface area contributed by atoms with Gasteiger partial charge in [0.1, 0.15) is 10.8 Å². The summed E-state index contributed by atoms with van der Waals surface area (Å²) in [6.07, 6.45) is 3.45. The standard InChI is InChI=1S/C17H21NO2S/c1-4-5-6-10-20-15-9-7-8-14(11-15)17-18-12(2)16(21-17)13(3)19/h7-9,11H,4-6,10H2,1-3H3. The van der Waals surface area contributed by atoms with Gasteiger partial charge in [-0.25, -0.2) is 4.98 Å². The molecule has 0 radical (unpaired) electrons. The van der Waals surface area contributed by atoms with Gasteiger partial charge in [-0.1, -0.05) is 31.9 Å². The molecule has 0 saturated carbocycles. The lowest BCUT2D eigenvalue weighted by atomic mass is 10.2. The summed E-state index contributed by atoms with van der Waals surface area (Å²) in [5.41, 5.74) is 1.81. The molecule has 2 rings (SSSR count). The van der Waals surface area contributed by atoms with Gasteiger partial charge in [0.05, 0.1) is 17.2 Å². The molecule has 0 aliphatic rings. The first kappa shape index (κ1) is 15.7. The summed E-state index contributed by atoms with van der Waals surface area (Å²) < 4.78 is 5.76. The average Bonchev–Trinajstić information content (AvgIpc) is 2.86. The van der Waals surface area contributed by atoms with Gasteiger partial charge in [0, 0.05) is 12.5 Å². The first-order valence-corrected chi connectivity index (χ1v) is 8.15. The monoisotopic (exact) mass is 303 g/mol. The molecule has 4 heteroatoms. The van der Waals surface area contributed by atoms with Gasteiger partial charge in [-0.3, -0.25) is 4.79 Å². The van der Waals surface area contributed by atoms with Crippen LogP contribution in [-0.4, -0.2) is 17.4 Å². The highest BCUT2D eigenvalue weighted by Crippen LogP contribution is 2.30. The largest absolute Gasteiger partial charge is 0.494 e. The molecule has 0 aliphatic carbocycles. The van der Waals surface area contributed by atoms with Crippen molar-refractivity contribution in [1.29, 1.82) is 0 Å². The molecule has 1 aromatic heterocycles. The van der Waals surface area contributed by atoms with E-state index in [1.165, 1.54) is 24.2 Å². The minimum Gasteiger partial charge on any atom is -0.494 e. The van der Waals surface area contributed by atoms with Crippen LogP contribution in [0.5, 0.6) is 5.75 Å². The van der Waals surface area contributed by atoms with E-state index in [0.29, 0.717) is 0 Å². The lowest BCUT2D eigenvalue weighted by molar-refractivity contribution is 0.102. The summed E-state index contributed by atoms with van der Waals surface area (Å²) in [4.78, 5) is 16.8. The van der Waals surface area contributed by atoms with Crippen LogP contribution in [0.15, 0.2) is 24.3 Å². The summed E-state index contributed by atoms with van der Waals surface area (Å²) in [7, 11) is 0. The number of unbranched alkanes of at least 4 members (excludes halogenated alkanes) is 2. The number of benzene rings is 1. The van der Waals surface area contributed by atoms with Crippen LogP contribution < -0.4 is 4.74 Å². The van der Waals surface area contributed by atoms with Gasteiger partial charge >= 0.3 is 0 Å². The van der Waals surface area contributed by atoms with Crippen molar-refractivity contribution in [3.8, 4) is 16.3 Å². The predicted octanol–water partition coefficient (Wildman–Crippen LogP) is 4.89. The van der Waals surface area contributed by atoms with Crippen molar-refractivity contribution >= 4 is 17.1 Å². The summed E-state index contributed by atoms with van der Waals surface area (Å²) in [5.74, 6) is 0.934.